The number of carbonyl (C=O) groups is 1. The fourth-order valence-electron chi connectivity index (χ4n) is 1.14. The van der Waals surface area contributed by atoms with Crippen LogP contribution >= 0.6 is 12.6 Å². The van der Waals surface area contributed by atoms with Crippen molar-refractivity contribution >= 4 is 18.6 Å². The number of methoxy groups -OCH3 is 1. The first-order valence-electron chi connectivity index (χ1n) is 4.36. The lowest BCUT2D eigenvalue weighted by molar-refractivity contribution is -0.138. The highest BCUT2D eigenvalue weighted by atomic mass is 32.1. The van der Waals surface area contributed by atoms with Gasteiger partial charge in [-0.25, -0.2) is 0 Å². The van der Waals surface area contributed by atoms with Gasteiger partial charge in [-0.3, -0.25) is 4.79 Å². The van der Waals surface area contributed by atoms with Crippen molar-refractivity contribution in [3.05, 3.63) is 29.8 Å². The first-order valence-corrected chi connectivity index (χ1v) is 4.88. The van der Waals surface area contributed by atoms with Crippen LogP contribution in [0.3, 0.4) is 0 Å². The molecule has 5 heteroatoms. The molecule has 0 bridgehead atoms. The summed E-state index contributed by atoms with van der Waals surface area (Å²) in [5.41, 5.74) is 6.21. The van der Waals surface area contributed by atoms with Gasteiger partial charge in [0.1, 0.15) is 11.8 Å². The van der Waals surface area contributed by atoms with E-state index in [1.807, 2.05) is 0 Å². The molecule has 3 N–H and O–H groups in total. The van der Waals surface area contributed by atoms with Crippen LogP contribution < -0.4 is 10.5 Å². The molecule has 0 aliphatic carbocycles. The van der Waals surface area contributed by atoms with Gasteiger partial charge in [-0.15, -0.1) is 0 Å². The van der Waals surface area contributed by atoms with Crippen LogP contribution in [0.4, 0.5) is 0 Å². The molecule has 0 spiro atoms. The molecule has 0 aromatic heterocycles. The zero-order valence-electron chi connectivity index (χ0n) is 8.25. The Labute approximate surface area is 93.5 Å². The number of benzene rings is 1. The Morgan fingerprint density at radius 1 is 1.47 bits per heavy atom. The SMILES string of the molecule is COc1ccc(C(S)C(N)C(=O)O)cc1. The quantitative estimate of drug-likeness (QED) is 0.673. The second-order valence-corrected chi connectivity index (χ2v) is 3.64. The van der Waals surface area contributed by atoms with Crippen molar-refractivity contribution in [1.29, 1.82) is 0 Å². The Bertz CT molecular complexity index is 339. The number of hydrogen-bond donors (Lipinski definition) is 3. The number of hydrogen-bond acceptors (Lipinski definition) is 4. The molecule has 0 fully saturated rings. The summed E-state index contributed by atoms with van der Waals surface area (Å²) in [6.45, 7) is 0. The van der Waals surface area contributed by atoms with E-state index >= 15 is 0 Å². The third-order valence-corrected chi connectivity index (χ3v) is 2.70. The van der Waals surface area contributed by atoms with Crippen molar-refractivity contribution in [2.24, 2.45) is 5.73 Å². The minimum atomic E-state index is -1.06. The molecule has 82 valence electrons. The zero-order chi connectivity index (χ0) is 11.4. The first kappa shape index (κ1) is 11.9. The molecule has 2 unspecified atom stereocenters. The Kier molecular flexibility index (Phi) is 3.99. The van der Waals surface area contributed by atoms with Gasteiger partial charge < -0.3 is 15.6 Å². The monoisotopic (exact) mass is 227 g/mol. The van der Waals surface area contributed by atoms with Gasteiger partial charge in [0, 0.05) is 0 Å². The van der Waals surface area contributed by atoms with E-state index in [-0.39, 0.29) is 0 Å². The van der Waals surface area contributed by atoms with Gasteiger partial charge in [0.05, 0.1) is 12.4 Å². The predicted molar refractivity (Wildman–Crippen MR) is 60.3 cm³/mol. The van der Waals surface area contributed by atoms with Crippen molar-refractivity contribution in [3.8, 4) is 5.75 Å². The van der Waals surface area contributed by atoms with Crippen molar-refractivity contribution in [2.45, 2.75) is 11.3 Å². The highest BCUT2D eigenvalue weighted by Gasteiger charge is 2.22. The highest BCUT2D eigenvalue weighted by molar-refractivity contribution is 7.80. The van der Waals surface area contributed by atoms with Crippen molar-refractivity contribution in [1.82, 2.24) is 0 Å². The van der Waals surface area contributed by atoms with Crippen molar-refractivity contribution < 1.29 is 14.6 Å². The summed E-state index contributed by atoms with van der Waals surface area (Å²) in [7, 11) is 1.57. The second kappa shape index (κ2) is 5.04. The van der Waals surface area contributed by atoms with E-state index in [2.05, 4.69) is 12.6 Å². The number of thiol groups is 1. The third-order valence-electron chi connectivity index (χ3n) is 2.08. The molecule has 1 rings (SSSR count). The predicted octanol–water partition coefficient (Wildman–Crippen LogP) is 1.08. The maximum atomic E-state index is 10.6. The van der Waals surface area contributed by atoms with Crippen LogP contribution in [-0.4, -0.2) is 24.2 Å². The van der Waals surface area contributed by atoms with Gasteiger partial charge in [0.25, 0.3) is 0 Å². The minimum absolute atomic E-state index is 0.520. The van der Waals surface area contributed by atoms with E-state index in [9.17, 15) is 4.79 Å². The molecule has 0 aliphatic heterocycles. The average Bonchev–Trinajstić information content (AvgIpc) is 2.27. The van der Waals surface area contributed by atoms with E-state index in [1.165, 1.54) is 0 Å². The van der Waals surface area contributed by atoms with Crippen LogP contribution in [0.15, 0.2) is 24.3 Å². The van der Waals surface area contributed by atoms with Gasteiger partial charge in [0.2, 0.25) is 0 Å². The van der Waals surface area contributed by atoms with Crippen molar-refractivity contribution in [2.75, 3.05) is 7.11 Å². The minimum Gasteiger partial charge on any atom is -0.497 e. The lowest BCUT2D eigenvalue weighted by Gasteiger charge is -2.15. The number of rotatable bonds is 4. The summed E-state index contributed by atoms with van der Waals surface area (Å²) in [6, 6.07) is 5.97. The Morgan fingerprint density at radius 2 is 2.00 bits per heavy atom. The van der Waals surface area contributed by atoms with Crippen LogP contribution in [0.1, 0.15) is 10.8 Å². The molecular weight excluding hydrogens is 214 g/mol. The molecule has 0 saturated carbocycles. The van der Waals surface area contributed by atoms with Gasteiger partial charge in [-0.05, 0) is 17.7 Å². The standard InChI is InChI=1S/C10H13NO3S/c1-14-7-4-2-6(3-5-7)9(15)8(11)10(12)13/h2-5,8-9,15H,11H2,1H3,(H,12,13). The van der Waals surface area contributed by atoms with Gasteiger partial charge in [-0.2, -0.15) is 12.6 Å². The summed E-state index contributed by atoms with van der Waals surface area (Å²) >= 11 is 4.17. The smallest absolute Gasteiger partial charge is 0.321 e. The largest absolute Gasteiger partial charge is 0.497 e. The normalized spacial score (nSPS) is 14.3. The molecule has 4 nitrogen and oxygen atoms in total. The van der Waals surface area contributed by atoms with Crippen LogP contribution in [-0.2, 0) is 4.79 Å². The van der Waals surface area contributed by atoms with Gasteiger partial charge >= 0.3 is 5.97 Å². The second-order valence-electron chi connectivity index (χ2n) is 3.08. The topological polar surface area (TPSA) is 72.5 Å². The molecule has 1 aromatic rings. The molecule has 0 amide bonds. The maximum absolute atomic E-state index is 10.6. The van der Waals surface area contributed by atoms with E-state index in [0.29, 0.717) is 5.75 Å². The summed E-state index contributed by atoms with van der Waals surface area (Å²) in [4.78, 5) is 10.6. The number of nitrogens with two attached hydrogens (primary N) is 1. The molecule has 15 heavy (non-hydrogen) atoms. The molecule has 0 radical (unpaired) electrons. The van der Waals surface area contributed by atoms with Crippen LogP contribution in [0, 0.1) is 0 Å². The van der Waals surface area contributed by atoms with E-state index in [4.69, 9.17) is 15.6 Å². The van der Waals surface area contributed by atoms with Gasteiger partial charge in [-0.1, -0.05) is 12.1 Å². The van der Waals surface area contributed by atoms with Crippen LogP contribution in [0.25, 0.3) is 0 Å². The van der Waals surface area contributed by atoms with E-state index in [1.54, 1.807) is 31.4 Å². The number of aliphatic carboxylic acids is 1. The summed E-state index contributed by atoms with van der Waals surface area (Å²) in [5, 5.41) is 8.20. The van der Waals surface area contributed by atoms with Crippen molar-refractivity contribution in [3.63, 3.8) is 0 Å². The zero-order valence-corrected chi connectivity index (χ0v) is 9.15. The highest BCUT2D eigenvalue weighted by Crippen LogP contribution is 2.24. The molecule has 0 aliphatic rings. The number of carboxylic acids is 1. The summed E-state index contributed by atoms with van der Waals surface area (Å²) < 4.78 is 4.98. The fourth-order valence-corrected chi connectivity index (χ4v) is 1.44. The average molecular weight is 227 g/mol. The molecular formula is C10H13NO3S. The van der Waals surface area contributed by atoms with Crippen LogP contribution in [0.2, 0.25) is 0 Å². The summed E-state index contributed by atoms with van der Waals surface area (Å²) in [5.74, 6) is -0.353. The van der Waals surface area contributed by atoms with Crippen LogP contribution in [0.5, 0.6) is 5.75 Å². The Balaban J connectivity index is 2.82. The Hall–Kier alpha value is -1.20. The van der Waals surface area contributed by atoms with E-state index in [0.717, 1.165) is 5.56 Å². The Morgan fingerprint density at radius 3 is 2.40 bits per heavy atom. The first-order chi connectivity index (χ1) is 7.06. The number of ether oxygens (including phenoxy) is 1. The maximum Gasteiger partial charge on any atom is 0.321 e. The summed E-state index contributed by atoms with van der Waals surface area (Å²) in [6.07, 6.45) is 0. The molecule has 2 atom stereocenters. The van der Waals surface area contributed by atoms with E-state index < -0.39 is 17.3 Å². The fraction of sp³-hybridized carbons (Fsp3) is 0.300. The van der Waals surface area contributed by atoms with Gasteiger partial charge in [0.15, 0.2) is 0 Å². The lowest BCUT2D eigenvalue weighted by Crippen LogP contribution is -2.34. The third kappa shape index (κ3) is 2.87. The molecule has 1 aromatic carbocycles. The lowest BCUT2D eigenvalue weighted by atomic mass is 10.1. The molecule has 0 heterocycles. The number of carboxylic acid groups (broad SMARTS) is 1. The molecule has 0 saturated heterocycles.